The first-order valence-corrected chi connectivity index (χ1v) is 8.31. The molecule has 122 valence electrons. The van der Waals surface area contributed by atoms with Gasteiger partial charge in [0.1, 0.15) is 6.54 Å². The summed E-state index contributed by atoms with van der Waals surface area (Å²) in [5.41, 5.74) is 0.336. The van der Waals surface area contributed by atoms with Crippen LogP contribution in [0.15, 0.2) is 29.3 Å². The summed E-state index contributed by atoms with van der Waals surface area (Å²) in [5, 5.41) is 1.01. The minimum Gasteiger partial charge on any atom is -0.336 e. The molecule has 23 heavy (non-hydrogen) atoms. The average molecular weight is 334 g/mol. The highest BCUT2D eigenvalue weighted by Gasteiger charge is 2.29. The van der Waals surface area contributed by atoms with Crippen molar-refractivity contribution in [2.45, 2.75) is 51.7 Å². The molecule has 1 aromatic heterocycles. The van der Waals surface area contributed by atoms with Crippen molar-refractivity contribution in [3.8, 4) is 0 Å². The van der Waals surface area contributed by atoms with Crippen LogP contribution in [0.2, 0.25) is 5.02 Å². The molecule has 0 bridgehead atoms. The number of carbonyl (C=O) groups excluding carboxylic acids is 1. The van der Waals surface area contributed by atoms with Crippen molar-refractivity contribution < 1.29 is 4.79 Å². The van der Waals surface area contributed by atoms with Crippen LogP contribution < -0.4 is 5.56 Å². The number of halogens is 1. The van der Waals surface area contributed by atoms with E-state index in [-0.39, 0.29) is 30.1 Å². The summed E-state index contributed by atoms with van der Waals surface area (Å²) >= 11 is 5.92. The van der Waals surface area contributed by atoms with Crippen LogP contribution in [0.3, 0.4) is 0 Å². The topological polar surface area (TPSA) is 55.2 Å². The van der Waals surface area contributed by atoms with Crippen LogP contribution in [-0.4, -0.2) is 32.4 Å². The van der Waals surface area contributed by atoms with Crippen LogP contribution in [-0.2, 0) is 11.3 Å². The van der Waals surface area contributed by atoms with Crippen LogP contribution in [0.5, 0.6) is 0 Å². The maximum atomic E-state index is 12.6. The number of nitrogens with zero attached hydrogens (tertiary/aromatic N) is 3. The lowest BCUT2D eigenvalue weighted by Gasteiger charge is -2.39. The lowest BCUT2D eigenvalue weighted by molar-refractivity contribution is -0.138. The van der Waals surface area contributed by atoms with Gasteiger partial charge in [-0.05, 0) is 51.3 Å². The molecule has 6 heteroatoms. The molecule has 1 amide bonds. The highest BCUT2D eigenvalue weighted by atomic mass is 35.5. The van der Waals surface area contributed by atoms with Crippen molar-refractivity contribution in [2.24, 2.45) is 0 Å². The quantitative estimate of drug-likeness (QED) is 0.849. The van der Waals surface area contributed by atoms with Crippen molar-refractivity contribution in [2.75, 3.05) is 0 Å². The Morgan fingerprint density at radius 3 is 2.70 bits per heavy atom. The van der Waals surface area contributed by atoms with Gasteiger partial charge in [-0.1, -0.05) is 11.6 Å². The zero-order valence-electron chi connectivity index (χ0n) is 13.3. The molecule has 1 saturated heterocycles. The number of likely N-dealkylation sites (tertiary alicyclic amines) is 1. The second-order valence-electron chi connectivity index (χ2n) is 6.27. The van der Waals surface area contributed by atoms with Gasteiger partial charge in [0.2, 0.25) is 5.91 Å². The number of rotatable bonds is 2. The first-order chi connectivity index (χ1) is 11.0. The lowest BCUT2D eigenvalue weighted by atomic mass is 9.97. The Hall–Kier alpha value is -1.88. The minimum absolute atomic E-state index is 0.0260. The third-order valence-electron chi connectivity index (χ3n) is 4.57. The van der Waals surface area contributed by atoms with E-state index in [4.69, 9.17) is 11.6 Å². The van der Waals surface area contributed by atoms with E-state index < -0.39 is 0 Å². The number of hydrogen-bond donors (Lipinski definition) is 0. The molecule has 5 nitrogen and oxygen atoms in total. The lowest BCUT2D eigenvalue weighted by Crippen LogP contribution is -2.49. The van der Waals surface area contributed by atoms with Crippen molar-refractivity contribution in [3.63, 3.8) is 0 Å². The Labute approximate surface area is 139 Å². The number of hydrogen-bond acceptors (Lipinski definition) is 3. The fourth-order valence-corrected chi connectivity index (χ4v) is 3.55. The molecule has 0 N–H and O–H groups in total. The molecule has 2 aromatic rings. The molecule has 0 radical (unpaired) electrons. The summed E-state index contributed by atoms with van der Waals surface area (Å²) in [7, 11) is 0. The molecule has 0 saturated carbocycles. The molecule has 0 unspecified atom stereocenters. The molecular formula is C17H20ClN3O2. The molecule has 1 aromatic carbocycles. The third kappa shape index (κ3) is 3.11. The molecule has 0 aliphatic carbocycles. The van der Waals surface area contributed by atoms with Gasteiger partial charge in [-0.15, -0.1) is 0 Å². The second kappa shape index (κ2) is 6.32. The zero-order valence-corrected chi connectivity index (χ0v) is 14.1. The van der Waals surface area contributed by atoms with Gasteiger partial charge < -0.3 is 4.90 Å². The molecule has 2 atom stereocenters. The summed E-state index contributed by atoms with van der Waals surface area (Å²) < 4.78 is 1.38. The summed E-state index contributed by atoms with van der Waals surface area (Å²) in [6.45, 7) is 4.16. The molecule has 0 spiro atoms. The van der Waals surface area contributed by atoms with E-state index in [1.807, 2.05) is 4.90 Å². The Bertz CT molecular complexity index is 792. The summed E-state index contributed by atoms with van der Waals surface area (Å²) in [6.07, 6.45) is 4.60. The Balaban J connectivity index is 1.89. The summed E-state index contributed by atoms with van der Waals surface area (Å²) in [4.78, 5) is 31.3. The van der Waals surface area contributed by atoms with Gasteiger partial charge in [-0.3, -0.25) is 14.2 Å². The molecular weight excluding hydrogens is 314 g/mol. The third-order valence-corrected chi connectivity index (χ3v) is 4.81. The van der Waals surface area contributed by atoms with Gasteiger partial charge in [0.05, 0.1) is 17.2 Å². The van der Waals surface area contributed by atoms with Gasteiger partial charge in [0, 0.05) is 17.1 Å². The number of aromatic nitrogens is 2. The van der Waals surface area contributed by atoms with Crippen LogP contribution >= 0.6 is 11.6 Å². The zero-order chi connectivity index (χ0) is 16.6. The minimum atomic E-state index is -0.211. The average Bonchev–Trinajstić information content (AvgIpc) is 2.50. The molecule has 1 fully saturated rings. The second-order valence-corrected chi connectivity index (χ2v) is 6.71. The van der Waals surface area contributed by atoms with Crippen LogP contribution in [0.25, 0.3) is 10.9 Å². The van der Waals surface area contributed by atoms with E-state index >= 15 is 0 Å². The molecule has 2 heterocycles. The predicted molar refractivity (Wildman–Crippen MR) is 90.6 cm³/mol. The smallest absolute Gasteiger partial charge is 0.261 e. The van der Waals surface area contributed by atoms with Gasteiger partial charge >= 0.3 is 0 Å². The van der Waals surface area contributed by atoms with E-state index in [9.17, 15) is 9.59 Å². The summed E-state index contributed by atoms with van der Waals surface area (Å²) in [5.74, 6) is -0.0260. The van der Waals surface area contributed by atoms with Crippen LogP contribution in [0.4, 0.5) is 0 Å². The normalized spacial score (nSPS) is 21.6. The van der Waals surface area contributed by atoms with E-state index in [0.29, 0.717) is 15.9 Å². The Morgan fingerprint density at radius 2 is 2.00 bits per heavy atom. The van der Waals surface area contributed by atoms with E-state index in [1.165, 1.54) is 10.9 Å². The van der Waals surface area contributed by atoms with Crippen molar-refractivity contribution in [3.05, 3.63) is 39.9 Å². The fraction of sp³-hybridized carbons (Fsp3) is 0.471. The van der Waals surface area contributed by atoms with Gasteiger partial charge in [-0.25, -0.2) is 4.98 Å². The number of fused-ring (bicyclic) bond motifs is 1. The molecule has 3 rings (SSSR count). The molecule has 1 aliphatic heterocycles. The van der Waals surface area contributed by atoms with E-state index in [0.717, 1.165) is 19.3 Å². The van der Waals surface area contributed by atoms with Crippen molar-refractivity contribution in [1.29, 1.82) is 0 Å². The Morgan fingerprint density at radius 1 is 1.30 bits per heavy atom. The first-order valence-electron chi connectivity index (χ1n) is 7.93. The highest BCUT2D eigenvalue weighted by Crippen LogP contribution is 2.22. The largest absolute Gasteiger partial charge is 0.336 e. The maximum Gasteiger partial charge on any atom is 0.261 e. The van der Waals surface area contributed by atoms with Gasteiger partial charge in [0.15, 0.2) is 0 Å². The maximum absolute atomic E-state index is 12.6. The summed E-state index contributed by atoms with van der Waals surface area (Å²) in [6, 6.07) is 5.40. The SMILES string of the molecule is C[C@H]1CCC[C@H](C)N1C(=O)Cn1cnc2cc(Cl)ccc2c1=O. The van der Waals surface area contributed by atoms with Gasteiger partial charge in [0.25, 0.3) is 5.56 Å². The number of piperidine rings is 1. The first kappa shape index (κ1) is 16.0. The van der Waals surface area contributed by atoms with E-state index in [1.54, 1.807) is 18.2 Å². The number of amides is 1. The molecule has 1 aliphatic rings. The van der Waals surface area contributed by atoms with Crippen LogP contribution in [0.1, 0.15) is 33.1 Å². The van der Waals surface area contributed by atoms with E-state index in [2.05, 4.69) is 18.8 Å². The number of carbonyl (C=O) groups is 1. The fourth-order valence-electron chi connectivity index (χ4n) is 3.38. The van der Waals surface area contributed by atoms with Crippen molar-refractivity contribution >= 4 is 28.4 Å². The Kier molecular flexibility index (Phi) is 4.39. The predicted octanol–water partition coefficient (Wildman–Crippen LogP) is 2.84. The highest BCUT2D eigenvalue weighted by molar-refractivity contribution is 6.31. The van der Waals surface area contributed by atoms with Crippen LogP contribution in [0, 0.1) is 0 Å². The standard InChI is InChI=1S/C17H20ClN3O2/c1-11-4-3-5-12(2)21(11)16(22)9-20-10-19-15-8-13(18)6-7-14(15)17(20)23/h6-8,10-12H,3-5,9H2,1-2H3/t11-,12-/m0/s1. The van der Waals surface area contributed by atoms with Gasteiger partial charge in [-0.2, -0.15) is 0 Å². The number of benzene rings is 1. The van der Waals surface area contributed by atoms with Crippen molar-refractivity contribution in [1.82, 2.24) is 14.5 Å². The monoisotopic (exact) mass is 333 g/mol.